The molecule has 2 unspecified atom stereocenters. The van der Waals surface area contributed by atoms with Crippen LogP contribution in [0.1, 0.15) is 51.5 Å². The maximum Gasteiger partial charge on any atom is 0.417 e. The number of pyridine rings is 1. The molecule has 1 radical (unpaired) electrons. The largest absolute Gasteiger partial charge is 0.417 e. The monoisotopic (exact) mass is 473 g/mol. The van der Waals surface area contributed by atoms with Crippen molar-refractivity contribution in [1.82, 2.24) is 15.2 Å². The van der Waals surface area contributed by atoms with Gasteiger partial charge in [0.1, 0.15) is 11.7 Å². The molecule has 5 aliphatic rings. The molecule has 4 saturated carbocycles. The van der Waals surface area contributed by atoms with E-state index in [9.17, 15) is 18.4 Å². The van der Waals surface area contributed by atoms with Crippen molar-refractivity contribution in [1.29, 1.82) is 5.26 Å². The van der Waals surface area contributed by atoms with Gasteiger partial charge in [-0.1, -0.05) is 0 Å². The second-order valence-corrected chi connectivity index (χ2v) is 10.9. The Labute approximate surface area is 199 Å². The van der Waals surface area contributed by atoms with Crippen LogP contribution in [0.3, 0.4) is 0 Å². The molecule has 1 aromatic heterocycles. The van der Waals surface area contributed by atoms with Crippen LogP contribution in [0.25, 0.3) is 0 Å². The highest BCUT2D eigenvalue weighted by molar-refractivity contribution is 5.92. The number of halogens is 3. The van der Waals surface area contributed by atoms with E-state index in [1.807, 2.05) is 11.1 Å². The second-order valence-electron chi connectivity index (χ2n) is 10.9. The predicted molar refractivity (Wildman–Crippen MR) is 124 cm³/mol. The lowest BCUT2D eigenvalue weighted by atomic mass is 9.54. The van der Waals surface area contributed by atoms with Gasteiger partial charge in [-0.05, 0) is 81.8 Å². The average Bonchev–Trinajstić information content (AvgIpc) is 2.80. The summed E-state index contributed by atoms with van der Waals surface area (Å²) in [6.45, 7) is 6.92. The zero-order valence-corrected chi connectivity index (χ0v) is 19.8. The first-order valence-corrected chi connectivity index (χ1v) is 12.3. The normalized spacial score (nSPS) is 30.5. The zero-order valence-electron chi connectivity index (χ0n) is 19.8. The summed E-state index contributed by atoms with van der Waals surface area (Å²) in [4.78, 5) is 12.6. The Hall–Kier alpha value is -2.34. The van der Waals surface area contributed by atoms with Gasteiger partial charge in [-0.2, -0.15) is 23.4 Å². The van der Waals surface area contributed by atoms with E-state index in [-0.39, 0.29) is 0 Å². The van der Waals surface area contributed by atoms with Gasteiger partial charge in [0.05, 0.1) is 11.1 Å². The van der Waals surface area contributed by atoms with Crippen LogP contribution < -0.4 is 10.2 Å². The number of anilines is 1. The van der Waals surface area contributed by atoms with Crippen LogP contribution >= 0.6 is 0 Å². The van der Waals surface area contributed by atoms with Crippen molar-refractivity contribution in [3.05, 3.63) is 29.8 Å². The summed E-state index contributed by atoms with van der Waals surface area (Å²) in [6.07, 6.45) is 4.83. The standard InChI is InChI=1S/C25H32F3N6/c1-24(2,23(31-15-29)32-22-18-10-16-9-17(12-18)13-19(22)11-16)34-7-5-33(6-8-34)21-4-3-20(14-30-21)25(26,27)28/h3-4,14,16,18-19,22H,5-13H2,1-2H3,(H,31,32). The summed E-state index contributed by atoms with van der Waals surface area (Å²) < 4.78 is 38.5. The number of alkyl halides is 3. The number of hydrogen-bond acceptors (Lipinski definition) is 5. The first-order chi connectivity index (χ1) is 16.1. The highest BCUT2D eigenvalue weighted by Gasteiger charge is 2.49. The van der Waals surface area contributed by atoms with Gasteiger partial charge in [-0.15, -0.1) is 0 Å². The molecular formula is C25H32F3N6. The molecule has 1 saturated heterocycles. The molecule has 6 rings (SSSR count). The van der Waals surface area contributed by atoms with Crippen LogP contribution in [0.5, 0.6) is 0 Å². The molecule has 4 aliphatic carbocycles. The van der Waals surface area contributed by atoms with E-state index in [0.717, 1.165) is 24.0 Å². The molecule has 183 valence electrons. The summed E-state index contributed by atoms with van der Waals surface area (Å²) in [6, 6.07) is 2.91. The van der Waals surface area contributed by atoms with Gasteiger partial charge in [0.2, 0.25) is 6.19 Å². The molecule has 0 aromatic carbocycles. The summed E-state index contributed by atoms with van der Waals surface area (Å²) in [5.74, 6) is 5.16. The molecule has 2 atom stereocenters. The average molecular weight is 474 g/mol. The Morgan fingerprint density at radius 2 is 1.76 bits per heavy atom. The molecule has 4 bridgehead atoms. The minimum absolute atomic E-state index is 0.379. The molecule has 6 nitrogen and oxygen atoms in total. The predicted octanol–water partition coefficient (Wildman–Crippen LogP) is 4.25. The minimum Gasteiger partial charge on any atom is -0.368 e. The third-order valence-corrected chi connectivity index (χ3v) is 8.48. The van der Waals surface area contributed by atoms with Crippen LogP contribution in [0.4, 0.5) is 19.0 Å². The van der Waals surface area contributed by atoms with Crippen LogP contribution in [0, 0.1) is 35.1 Å². The maximum atomic E-state index is 12.8. The number of nitrogens with one attached hydrogen (secondary N) is 1. The Bertz CT molecular complexity index is 928. The smallest absolute Gasteiger partial charge is 0.368 e. The molecule has 1 aromatic rings. The van der Waals surface area contributed by atoms with Crippen molar-refractivity contribution >= 4 is 11.7 Å². The van der Waals surface area contributed by atoms with Crippen molar-refractivity contribution in [3.63, 3.8) is 0 Å². The molecule has 9 heteroatoms. The van der Waals surface area contributed by atoms with Gasteiger partial charge in [0.25, 0.3) is 0 Å². The number of nitriles is 1. The molecule has 2 heterocycles. The highest BCUT2D eigenvalue weighted by atomic mass is 19.4. The van der Waals surface area contributed by atoms with E-state index < -0.39 is 17.3 Å². The van der Waals surface area contributed by atoms with Crippen molar-refractivity contribution in [2.24, 2.45) is 22.7 Å². The van der Waals surface area contributed by atoms with Crippen molar-refractivity contribution in [3.8, 4) is 6.19 Å². The van der Waals surface area contributed by atoms with Gasteiger partial charge >= 0.3 is 6.18 Å². The molecule has 1 N–H and O–H groups in total. The Kier molecular flexibility index (Phi) is 5.99. The van der Waals surface area contributed by atoms with Gasteiger partial charge in [0.15, 0.2) is 0 Å². The second kappa shape index (κ2) is 8.71. The number of aliphatic imine (C=N–C) groups is 1. The fourth-order valence-corrected chi connectivity index (χ4v) is 6.79. The molecular weight excluding hydrogens is 441 g/mol. The van der Waals surface area contributed by atoms with Gasteiger partial charge in [-0.25, -0.2) is 4.98 Å². The highest BCUT2D eigenvalue weighted by Crippen LogP contribution is 2.54. The topological polar surface area (TPSA) is 67.6 Å². The lowest BCUT2D eigenvalue weighted by molar-refractivity contribution is -0.137. The molecule has 34 heavy (non-hydrogen) atoms. The summed E-state index contributed by atoms with van der Waals surface area (Å²) >= 11 is 0. The van der Waals surface area contributed by atoms with E-state index in [0.29, 0.717) is 49.9 Å². The number of rotatable bonds is 4. The summed E-state index contributed by atoms with van der Waals surface area (Å²) in [5.41, 5.74) is -1.18. The number of hydrogen-bond donors (Lipinski definition) is 1. The molecule has 5 fully saturated rings. The quantitative estimate of drug-likeness (QED) is 0.402. The maximum absolute atomic E-state index is 12.8. The van der Waals surface area contributed by atoms with Crippen molar-refractivity contribution < 1.29 is 13.2 Å². The number of nitrogens with zero attached hydrogens (tertiary/aromatic N) is 5. The number of amidine groups is 1. The van der Waals surface area contributed by atoms with Crippen LogP contribution in [-0.2, 0) is 6.18 Å². The SMILES string of the molecule is CC(C)(/C(=N\C#N)NC1C2C[C]3CC(C2)CC1C3)N1CCN(c2ccc(C(F)(F)F)cn2)CC1. The zero-order chi connectivity index (χ0) is 24.1. The lowest BCUT2D eigenvalue weighted by Gasteiger charge is -2.55. The summed E-state index contributed by atoms with van der Waals surface area (Å²) in [5, 5.41) is 13.2. The third kappa shape index (κ3) is 4.37. The molecule has 0 amide bonds. The molecule has 0 spiro atoms. The number of piperazine rings is 1. The minimum atomic E-state index is -4.38. The van der Waals surface area contributed by atoms with Gasteiger partial charge in [0, 0.05) is 38.4 Å². The van der Waals surface area contributed by atoms with Crippen molar-refractivity contribution in [2.45, 2.75) is 63.7 Å². The molecule has 1 aliphatic heterocycles. The van der Waals surface area contributed by atoms with Crippen molar-refractivity contribution in [2.75, 3.05) is 31.1 Å². The van der Waals surface area contributed by atoms with E-state index in [1.165, 1.54) is 38.2 Å². The van der Waals surface area contributed by atoms with Crippen LogP contribution in [-0.4, -0.2) is 53.5 Å². The first-order valence-electron chi connectivity index (χ1n) is 12.3. The Morgan fingerprint density at radius 1 is 1.09 bits per heavy atom. The fraction of sp³-hybridized carbons (Fsp3) is 0.680. The fourth-order valence-electron chi connectivity index (χ4n) is 6.79. The van der Waals surface area contributed by atoms with E-state index in [4.69, 9.17) is 0 Å². The van der Waals surface area contributed by atoms with E-state index in [1.54, 1.807) is 5.92 Å². The van der Waals surface area contributed by atoms with Crippen LogP contribution in [0.2, 0.25) is 0 Å². The van der Waals surface area contributed by atoms with Gasteiger partial charge in [-0.3, -0.25) is 4.90 Å². The Balaban J connectivity index is 1.24. The van der Waals surface area contributed by atoms with E-state index >= 15 is 0 Å². The van der Waals surface area contributed by atoms with Gasteiger partial charge < -0.3 is 10.2 Å². The Morgan fingerprint density at radius 3 is 2.29 bits per heavy atom. The number of aromatic nitrogens is 1. The first kappa shape index (κ1) is 23.4. The van der Waals surface area contributed by atoms with Crippen LogP contribution in [0.15, 0.2) is 23.3 Å². The third-order valence-electron chi connectivity index (χ3n) is 8.48. The summed E-state index contributed by atoms with van der Waals surface area (Å²) in [7, 11) is 0. The van der Waals surface area contributed by atoms with E-state index in [2.05, 4.69) is 34.0 Å². The lowest BCUT2D eigenvalue weighted by Crippen LogP contribution is -2.64.